The van der Waals surface area contributed by atoms with Gasteiger partial charge in [0.15, 0.2) is 24.1 Å². The standard InChI is InChI=1S/C26H28F3N7O2/c1-14(2)15(3)26(13-27,36-16(4)30)18-9-17(10-19(28)23(18)29)34-25-24-20(5-6-32-25)35-21(11-33-24)38-12-22-31-7-8-37-22/h5-11,14-15H,12-13H2,1-4H3,(H2,30,36)(H,32,34)/t15?,26-/m0/s1. The Morgan fingerprint density at radius 2 is 1.97 bits per heavy atom. The van der Waals surface area contributed by atoms with Crippen molar-refractivity contribution in [2.24, 2.45) is 22.6 Å². The Morgan fingerprint density at radius 1 is 1.18 bits per heavy atom. The molecule has 0 bridgehead atoms. The fourth-order valence-electron chi connectivity index (χ4n) is 4.16. The minimum Gasteiger partial charge on any atom is -0.467 e. The van der Waals surface area contributed by atoms with Crippen molar-refractivity contribution in [3.63, 3.8) is 0 Å². The van der Waals surface area contributed by atoms with Gasteiger partial charge in [-0.1, -0.05) is 20.8 Å². The number of aliphatic imine (C=N–C) groups is 1. The van der Waals surface area contributed by atoms with Crippen molar-refractivity contribution < 1.29 is 22.3 Å². The molecule has 0 amide bonds. The van der Waals surface area contributed by atoms with E-state index < -0.39 is 29.8 Å². The summed E-state index contributed by atoms with van der Waals surface area (Å²) < 4.78 is 55.5. The molecule has 2 atom stereocenters. The van der Waals surface area contributed by atoms with Crippen LogP contribution in [-0.2, 0) is 12.1 Å². The number of amidine groups is 1. The highest BCUT2D eigenvalue weighted by Gasteiger charge is 2.43. The third-order valence-corrected chi connectivity index (χ3v) is 6.35. The van der Waals surface area contributed by atoms with Crippen LogP contribution in [0.4, 0.5) is 24.7 Å². The molecule has 0 spiro atoms. The molecule has 38 heavy (non-hydrogen) atoms. The number of aromatic nitrogens is 4. The number of halogens is 3. The van der Waals surface area contributed by atoms with Gasteiger partial charge in [-0.25, -0.2) is 33.1 Å². The predicted octanol–water partition coefficient (Wildman–Crippen LogP) is 5.45. The molecule has 1 aromatic carbocycles. The van der Waals surface area contributed by atoms with Gasteiger partial charge in [0.05, 0.1) is 23.7 Å². The van der Waals surface area contributed by atoms with Crippen LogP contribution in [0, 0.1) is 23.5 Å². The van der Waals surface area contributed by atoms with E-state index in [9.17, 15) is 8.78 Å². The van der Waals surface area contributed by atoms with Gasteiger partial charge in [0.2, 0.25) is 11.8 Å². The van der Waals surface area contributed by atoms with Crippen molar-refractivity contribution in [2.75, 3.05) is 12.0 Å². The summed E-state index contributed by atoms with van der Waals surface area (Å²) in [4.78, 5) is 21.3. The van der Waals surface area contributed by atoms with E-state index in [1.807, 2.05) is 13.8 Å². The quantitative estimate of drug-likeness (QED) is 0.206. The first kappa shape index (κ1) is 26.8. The Bertz CT molecular complexity index is 1440. The SMILES string of the molecule is CC(N)=N[C@](CF)(c1cc(Nc2nccc3nc(OCc4ncco4)cnc23)cc(F)c1F)C(C)C(C)C. The van der Waals surface area contributed by atoms with Gasteiger partial charge in [-0.2, -0.15) is 0 Å². The highest BCUT2D eigenvalue weighted by molar-refractivity contribution is 5.87. The third-order valence-electron chi connectivity index (χ3n) is 6.35. The fourth-order valence-corrected chi connectivity index (χ4v) is 4.16. The lowest BCUT2D eigenvalue weighted by Gasteiger charge is -2.37. The first-order valence-corrected chi connectivity index (χ1v) is 11.9. The second kappa shape index (κ2) is 11.0. The van der Waals surface area contributed by atoms with Crippen molar-refractivity contribution in [3.05, 3.63) is 66.1 Å². The van der Waals surface area contributed by atoms with Crippen LogP contribution in [0.5, 0.6) is 5.88 Å². The monoisotopic (exact) mass is 527 g/mol. The highest BCUT2D eigenvalue weighted by atomic mass is 19.2. The van der Waals surface area contributed by atoms with Crippen LogP contribution in [0.3, 0.4) is 0 Å². The summed E-state index contributed by atoms with van der Waals surface area (Å²) in [5, 5.41) is 2.96. The molecule has 9 nitrogen and oxygen atoms in total. The first-order valence-electron chi connectivity index (χ1n) is 11.9. The van der Waals surface area contributed by atoms with Crippen molar-refractivity contribution in [1.82, 2.24) is 19.9 Å². The lowest BCUT2D eigenvalue weighted by Crippen LogP contribution is -2.40. The molecular weight excluding hydrogens is 499 g/mol. The Labute approximate surface area is 217 Å². The number of nitrogens with one attached hydrogen (secondary N) is 1. The van der Waals surface area contributed by atoms with E-state index in [1.54, 1.807) is 13.0 Å². The van der Waals surface area contributed by atoms with Gasteiger partial charge in [0.25, 0.3) is 0 Å². The number of hydrogen-bond donors (Lipinski definition) is 2. The van der Waals surface area contributed by atoms with E-state index in [2.05, 4.69) is 30.2 Å². The molecule has 200 valence electrons. The van der Waals surface area contributed by atoms with Crippen LogP contribution < -0.4 is 15.8 Å². The molecule has 3 N–H and O–H groups in total. The highest BCUT2D eigenvalue weighted by Crippen LogP contribution is 2.42. The molecule has 0 aliphatic carbocycles. The summed E-state index contributed by atoms with van der Waals surface area (Å²) in [6, 6.07) is 3.91. The lowest BCUT2D eigenvalue weighted by atomic mass is 9.74. The molecule has 3 aromatic heterocycles. The molecule has 0 aliphatic rings. The number of oxazole rings is 1. The molecule has 12 heteroatoms. The summed E-state index contributed by atoms with van der Waals surface area (Å²) in [5.74, 6) is -2.08. The summed E-state index contributed by atoms with van der Waals surface area (Å²) in [6.45, 7) is 5.92. The van der Waals surface area contributed by atoms with E-state index in [-0.39, 0.29) is 41.3 Å². The van der Waals surface area contributed by atoms with E-state index in [4.69, 9.17) is 14.9 Å². The molecule has 0 saturated carbocycles. The van der Waals surface area contributed by atoms with Crippen LogP contribution in [0.2, 0.25) is 0 Å². The zero-order valence-corrected chi connectivity index (χ0v) is 21.4. The van der Waals surface area contributed by atoms with E-state index in [0.717, 1.165) is 6.07 Å². The van der Waals surface area contributed by atoms with Gasteiger partial charge >= 0.3 is 0 Å². The number of alkyl halides is 1. The number of nitrogens with two attached hydrogens (primary N) is 1. The molecule has 4 aromatic rings. The van der Waals surface area contributed by atoms with Gasteiger partial charge < -0.3 is 20.2 Å². The maximum Gasteiger partial charge on any atom is 0.233 e. The number of rotatable bonds is 10. The second-order valence-electron chi connectivity index (χ2n) is 9.24. The summed E-state index contributed by atoms with van der Waals surface area (Å²) >= 11 is 0. The minimum absolute atomic E-state index is 0.0557. The number of hydrogen-bond acceptors (Lipinski definition) is 8. The Morgan fingerprint density at radius 3 is 2.63 bits per heavy atom. The van der Waals surface area contributed by atoms with Crippen LogP contribution in [0.25, 0.3) is 11.0 Å². The maximum absolute atomic E-state index is 15.2. The smallest absolute Gasteiger partial charge is 0.233 e. The molecule has 0 aliphatic heterocycles. The number of pyridine rings is 1. The Kier molecular flexibility index (Phi) is 7.79. The normalized spacial score (nSPS) is 14.5. The van der Waals surface area contributed by atoms with Gasteiger partial charge in [0, 0.05) is 23.5 Å². The topological polar surface area (TPSA) is 124 Å². The van der Waals surface area contributed by atoms with Crippen molar-refractivity contribution in [2.45, 2.75) is 39.8 Å². The maximum atomic E-state index is 15.2. The molecule has 0 radical (unpaired) electrons. The van der Waals surface area contributed by atoms with Crippen LogP contribution in [0.1, 0.15) is 39.1 Å². The van der Waals surface area contributed by atoms with Crippen molar-refractivity contribution in [1.29, 1.82) is 0 Å². The second-order valence-corrected chi connectivity index (χ2v) is 9.24. The fraction of sp³-hybridized carbons (Fsp3) is 0.346. The largest absolute Gasteiger partial charge is 0.467 e. The average Bonchev–Trinajstić information content (AvgIpc) is 3.41. The number of fused-ring (bicyclic) bond motifs is 1. The predicted molar refractivity (Wildman–Crippen MR) is 137 cm³/mol. The van der Waals surface area contributed by atoms with Gasteiger partial charge in [-0.3, -0.25) is 4.99 Å². The zero-order chi connectivity index (χ0) is 27.4. The molecule has 4 rings (SSSR count). The van der Waals surface area contributed by atoms with Crippen LogP contribution >= 0.6 is 0 Å². The molecular formula is C26H28F3N7O2. The van der Waals surface area contributed by atoms with E-state index >= 15 is 4.39 Å². The third kappa shape index (κ3) is 5.38. The molecule has 0 saturated heterocycles. The van der Waals surface area contributed by atoms with Gasteiger partial charge in [-0.15, -0.1) is 0 Å². The van der Waals surface area contributed by atoms with E-state index in [0.29, 0.717) is 16.9 Å². The Hall–Kier alpha value is -4.22. The molecule has 1 unspecified atom stereocenters. The minimum atomic E-state index is -1.73. The molecule has 0 fully saturated rings. The van der Waals surface area contributed by atoms with Crippen LogP contribution in [-0.4, -0.2) is 32.4 Å². The zero-order valence-electron chi connectivity index (χ0n) is 21.4. The molecule has 3 heterocycles. The average molecular weight is 528 g/mol. The summed E-state index contributed by atoms with van der Waals surface area (Å²) in [5.41, 5.74) is 4.75. The number of nitrogens with zero attached hydrogens (tertiary/aromatic N) is 5. The van der Waals surface area contributed by atoms with Crippen molar-refractivity contribution >= 4 is 28.4 Å². The van der Waals surface area contributed by atoms with Crippen molar-refractivity contribution in [3.8, 4) is 5.88 Å². The summed E-state index contributed by atoms with van der Waals surface area (Å²) in [7, 11) is 0. The van der Waals surface area contributed by atoms with Gasteiger partial charge in [-0.05, 0) is 30.9 Å². The number of ether oxygens (including phenoxy) is 1. The number of anilines is 2. The van der Waals surface area contributed by atoms with Gasteiger partial charge in [0.1, 0.15) is 24.0 Å². The lowest BCUT2D eigenvalue weighted by molar-refractivity contribution is 0.176. The Balaban J connectivity index is 1.72. The summed E-state index contributed by atoms with van der Waals surface area (Å²) in [6.07, 6.45) is 5.81. The number of benzene rings is 1. The van der Waals surface area contributed by atoms with E-state index in [1.165, 1.54) is 37.8 Å². The van der Waals surface area contributed by atoms with Crippen LogP contribution in [0.15, 0.2) is 52.5 Å². The first-order chi connectivity index (χ1) is 18.1.